The summed E-state index contributed by atoms with van der Waals surface area (Å²) < 4.78 is 12.3. The number of nitrogens with zero attached hydrogens (tertiary/aromatic N) is 2. The largest absolute Gasteiger partial charge is 0.497 e. The summed E-state index contributed by atoms with van der Waals surface area (Å²) in [4.78, 5) is 15.5. The highest BCUT2D eigenvalue weighted by molar-refractivity contribution is 5.66. The number of carbonyl (C=O) groups excluding carboxylic acids is 1. The number of hydrogen-bond donors (Lipinski definition) is 1. The summed E-state index contributed by atoms with van der Waals surface area (Å²) >= 11 is 0. The van der Waals surface area contributed by atoms with Gasteiger partial charge in [-0.1, -0.05) is 12.1 Å². The molecule has 2 rings (SSSR count). The van der Waals surface area contributed by atoms with E-state index in [0.29, 0.717) is 12.2 Å². The fraction of sp³-hybridized carbons (Fsp3) is 0.333. The zero-order chi connectivity index (χ0) is 15.2. The number of benzene rings is 1. The van der Waals surface area contributed by atoms with Crippen molar-refractivity contribution in [2.75, 3.05) is 13.7 Å². The van der Waals surface area contributed by atoms with E-state index in [2.05, 4.69) is 4.98 Å². The Hall–Kier alpha value is -2.34. The molecule has 0 aliphatic rings. The second kappa shape index (κ2) is 6.90. The Labute approximate surface area is 122 Å². The third kappa shape index (κ3) is 3.61. The number of aliphatic hydroxyl groups is 1. The highest BCUT2D eigenvalue weighted by Crippen LogP contribution is 2.25. The molecular weight excluding hydrogens is 272 g/mol. The molecule has 1 unspecified atom stereocenters. The summed E-state index contributed by atoms with van der Waals surface area (Å²) in [6.07, 6.45) is 3.02. The van der Waals surface area contributed by atoms with Gasteiger partial charge in [-0.05, 0) is 12.1 Å². The SMILES string of the molecule is COc1cccc(C(OC(C)=O)n2cncc2CCO)c1. The maximum absolute atomic E-state index is 11.4. The van der Waals surface area contributed by atoms with Crippen molar-refractivity contribution in [3.63, 3.8) is 0 Å². The predicted octanol–water partition coefficient (Wildman–Crippen LogP) is 1.54. The summed E-state index contributed by atoms with van der Waals surface area (Å²) in [5.41, 5.74) is 1.55. The van der Waals surface area contributed by atoms with Crippen LogP contribution in [0.2, 0.25) is 0 Å². The summed E-state index contributed by atoms with van der Waals surface area (Å²) in [7, 11) is 1.58. The average Bonchev–Trinajstić information content (AvgIpc) is 2.93. The zero-order valence-corrected chi connectivity index (χ0v) is 12.0. The van der Waals surface area contributed by atoms with Gasteiger partial charge < -0.3 is 14.6 Å². The lowest BCUT2D eigenvalue weighted by Gasteiger charge is -2.21. The van der Waals surface area contributed by atoms with Gasteiger partial charge >= 0.3 is 5.97 Å². The van der Waals surface area contributed by atoms with E-state index < -0.39 is 12.2 Å². The van der Waals surface area contributed by atoms with Crippen molar-refractivity contribution in [3.8, 4) is 5.75 Å². The van der Waals surface area contributed by atoms with Gasteiger partial charge in [0.05, 0.1) is 13.4 Å². The first-order valence-electron chi connectivity index (χ1n) is 6.58. The van der Waals surface area contributed by atoms with Crippen LogP contribution in [0.3, 0.4) is 0 Å². The molecule has 21 heavy (non-hydrogen) atoms. The zero-order valence-electron chi connectivity index (χ0n) is 12.0. The molecule has 1 aromatic heterocycles. The van der Waals surface area contributed by atoms with E-state index in [-0.39, 0.29) is 6.61 Å². The van der Waals surface area contributed by atoms with Crippen LogP contribution in [0.15, 0.2) is 36.8 Å². The van der Waals surface area contributed by atoms with Crippen LogP contribution in [0.4, 0.5) is 0 Å². The molecule has 1 N–H and O–H groups in total. The van der Waals surface area contributed by atoms with Crippen molar-refractivity contribution in [3.05, 3.63) is 48.0 Å². The first-order chi connectivity index (χ1) is 10.2. The van der Waals surface area contributed by atoms with E-state index >= 15 is 0 Å². The normalized spacial score (nSPS) is 12.0. The molecule has 0 fully saturated rings. The lowest BCUT2D eigenvalue weighted by atomic mass is 10.1. The van der Waals surface area contributed by atoms with Gasteiger partial charge in [0.15, 0.2) is 0 Å². The third-order valence-corrected chi connectivity index (χ3v) is 3.02. The van der Waals surface area contributed by atoms with Crippen LogP contribution in [-0.4, -0.2) is 34.3 Å². The molecule has 0 aliphatic carbocycles. The first kappa shape index (κ1) is 15.1. The number of hydrogen-bond acceptors (Lipinski definition) is 5. The van der Waals surface area contributed by atoms with E-state index in [0.717, 1.165) is 11.3 Å². The molecule has 6 heteroatoms. The maximum Gasteiger partial charge on any atom is 0.304 e. The van der Waals surface area contributed by atoms with Crippen molar-refractivity contribution in [1.29, 1.82) is 0 Å². The molecule has 0 saturated carbocycles. The fourth-order valence-corrected chi connectivity index (χ4v) is 2.09. The van der Waals surface area contributed by atoms with Gasteiger partial charge in [-0.2, -0.15) is 0 Å². The maximum atomic E-state index is 11.4. The van der Waals surface area contributed by atoms with Gasteiger partial charge in [0, 0.05) is 37.4 Å². The van der Waals surface area contributed by atoms with E-state index in [9.17, 15) is 4.79 Å². The summed E-state index contributed by atoms with van der Waals surface area (Å²) in [6.45, 7) is 1.35. The van der Waals surface area contributed by atoms with E-state index in [1.165, 1.54) is 6.92 Å². The Bertz CT molecular complexity index is 609. The van der Waals surface area contributed by atoms with Gasteiger partial charge in [0.25, 0.3) is 0 Å². The minimum atomic E-state index is -0.637. The second-order valence-corrected chi connectivity index (χ2v) is 4.50. The number of esters is 1. The van der Waals surface area contributed by atoms with Crippen LogP contribution >= 0.6 is 0 Å². The molecule has 0 amide bonds. The molecule has 6 nitrogen and oxygen atoms in total. The van der Waals surface area contributed by atoms with Crippen LogP contribution < -0.4 is 4.74 Å². The number of methoxy groups -OCH3 is 1. The van der Waals surface area contributed by atoms with Crippen molar-refractivity contribution in [2.45, 2.75) is 19.6 Å². The van der Waals surface area contributed by atoms with Crippen LogP contribution in [0, 0.1) is 0 Å². The van der Waals surface area contributed by atoms with E-state index in [1.54, 1.807) is 30.3 Å². The average molecular weight is 290 g/mol. The van der Waals surface area contributed by atoms with Gasteiger partial charge in [0.2, 0.25) is 6.23 Å². The molecule has 0 bridgehead atoms. The Morgan fingerprint density at radius 1 is 1.48 bits per heavy atom. The van der Waals surface area contributed by atoms with Crippen LogP contribution in [-0.2, 0) is 16.0 Å². The van der Waals surface area contributed by atoms with Crippen molar-refractivity contribution in [1.82, 2.24) is 9.55 Å². The number of imidazole rings is 1. The molecular formula is C15H18N2O4. The highest BCUT2D eigenvalue weighted by Gasteiger charge is 2.20. The molecule has 112 valence electrons. The van der Waals surface area contributed by atoms with Crippen LogP contribution in [0.5, 0.6) is 5.75 Å². The lowest BCUT2D eigenvalue weighted by Crippen LogP contribution is -2.19. The number of carbonyl (C=O) groups is 1. The second-order valence-electron chi connectivity index (χ2n) is 4.50. The molecule has 1 atom stereocenters. The highest BCUT2D eigenvalue weighted by atomic mass is 16.6. The number of aliphatic hydroxyl groups excluding tert-OH is 1. The minimum Gasteiger partial charge on any atom is -0.497 e. The minimum absolute atomic E-state index is 0.00338. The Morgan fingerprint density at radius 2 is 2.29 bits per heavy atom. The Morgan fingerprint density at radius 3 is 2.95 bits per heavy atom. The lowest BCUT2D eigenvalue weighted by molar-refractivity contribution is -0.148. The standard InChI is InChI=1S/C15H18N2O4/c1-11(19)21-15(12-4-3-5-14(8-12)20-2)17-10-16-9-13(17)6-7-18/h3-5,8-10,15,18H,6-7H2,1-2H3. The van der Waals surface area contributed by atoms with Gasteiger partial charge in [-0.25, -0.2) is 4.98 Å². The van der Waals surface area contributed by atoms with Crippen molar-refractivity contribution in [2.24, 2.45) is 0 Å². The molecule has 2 aromatic rings. The molecule has 0 aliphatic heterocycles. The molecule has 0 spiro atoms. The van der Waals surface area contributed by atoms with Gasteiger partial charge in [0.1, 0.15) is 5.75 Å². The summed E-state index contributed by atoms with van der Waals surface area (Å²) in [5.74, 6) is 0.278. The van der Waals surface area contributed by atoms with E-state index in [4.69, 9.17) is 14.6 Å². The van der Waals surface area contributed by atoms with E-state index in [1.807, 2.05) is 18.2 Å². The Kier molecular flexibility index (Phi) is 4.94. The van der Waals surface area contributed by atoms with Crippen LogP contribution in [0.25, 0.3) is 0 Å². The monoisotopic (exact) mass is 290 g/mol. The smallest absolute Gasteiger partial charge is 0.304 e. The number of ether oxygens (including phenoxy) is 2. The molecule has 0 saturated heterocycles. The molecule has 1 heterocycles. The number of rotatable bonds is 6. The third-order valence-electron chi connectivity index (χ3n) is 3.02. The predicted molar refractivity (Wildman–Crippen MR) is 75.9 cm³/mol. The summed E-state index contributed by atoms with van der Waals surface area (Å²) in [5, 5.41) is 9.11. The molecule has 1 aromatic carbocycles. The summed E-state index contributed by atoms with van der Waals surface area (Å²) in [6, 6.07) is 7.29. The fourth-order valence-electron chi connectivity index (χ4n) is 2.09. The number of aromatic nitrogens is 2. The molecule has 0 radical (unpaired) electrons. The van der Waals surface area contributed by atoms with Crippen LogP contribution in [0.1, 0.15) is 24.4 Å². The van der Waals surface area contributed by atoms with Crippen molar-refractivity contribution >= 4 is 5.97 Å². The Balaban J connectivity index is 2.41. The topological polar surface area (TPSA) is 73.6 Å². The van der Waals surface area contributed by atoms with Crippen molar-refractivity contribution < 1.29 is 19.4 Å². The van der Waals surface area contributed by atoms with Gasteiger partial charge in [-0.3, -0.25) is 9.36 Å². The van der Waals surface area contributed by atoms with Gasteiger partial charge in [-0.15, -0.1) is 0 Å². The quantitative estimate of drug-likeness (QED) is 0.817. The first-order valence-corrected chi connectivity index (χ1v) is 6.58.